The number of amides is 1. The van der Waals surface area contributed by atoms with Crippen molar-refractivity contribution in [3.05, 3.63) is 54.1 Å². The quantitative estimate of drug-likeness (QED) is 0.271. The molecule has 1 aromatic rings. The molecule has 0 bridgehead atoms. The van der Waals surface area contributed by atoms with E-state index in [1.54, 1.807) is 18.2 Å². The average molecular weight is 735 g/mol. The van der Waals surface area contributed by atoms with E-state index in [4.69, 9.17) is 4.74 Å². The van der Waals surface area contributed by atoms with Crippen molar-refractivity contribution in [2.24, 2.45) is 50.7 Å². The van der Waals surface area contributed by atoms with Crippen LogP contribution in [0.2, 0.25) is 0 Å². The molecule has 7 unspecified atom stereocenters. The Labute approximate surface area is 316 Å². The van der Waals surface area contributed by atoms with Gasteiger partial charge in [0, 0.05) is 48.5 Å². The molecule has 5 aliphatic carbocycles. The molecular weight excluding hydrogens is 669 g/mol. The van der Waals surface area contributed by atoms with Crippen LogP contribution in [-0.2, 0) is 15.5 Å². The Morgan fingerprint density at radius 1 is 0.942 bits per heavy atom. The molecular formula is C44H66N2O5S. The summed E-state index contributed by atoms with van der Waals surface area (Å²) < 4.78 is 17.3. The van der Waals surface area contributed by atoms with Gasteiger partial charge >= 0.3 is 12.1 Å². The van der Waals surface area contributed by atoms with E-state index in [-0.39, 0.29) is 27.8 Å². The van der Waals surface area contributed by atoms with Crippen molar-refractivity contribution in [1.82, 2.24) is 10.2 Å². The smallest absolute Gasteiger partial charge is 0.407 e. The lowest BCUT2D eigenvalue weighted by Crippen LogP contribution is -2.65. The minimum Gasteiger partial charge on any atom is -0.478 e. The summed E-state index contributed by atoms with van der Waals surface area (Å²) in [6, 6.07) is 7.55. The molecule has 5 fully saturated rings. The fourth-order valence-electron chi connectivity index (χ4n) is 13.4. The summed E-state index contributed by atoms with van der Waals surface area (Å²) in [6.45, 7) is 21.6. The Kier molecular flexibility index (Phi) is 11.3. The third-order valence-corrected chi connectivity index (χ3v) is 17.3. The molecule has 7 nitrogen and oxygen atoms in total. The maximum atomic E-state index is 12.9. The number of hydrogen-bond donors (Lipinski definition) is 2. The zero-order valence-corrected chi connectivity index (χ0v) is 33.8. The van der Waals surface area contributed by atoms with Gasteiger partial charge in [-0.15, -0.1) is 6.58 Å². The van der Waals surface area contributed by atoms with Crippen LogP contribution in [0.5, 0.6) is 0 Å². The van der Waals surface area contributed by atoms with Crippen LogP contribution in [0.1, 0.15) is 122 Å². The topological polar surface area (TPSA) is 95.9 Å². The fraction of sp³-hybridized carbons (Fsp3) is 0.727. The molecule has 52 heavy (non-hydrogen) atoms. The number of nitrogens with one attached hydrogen (secondary N) is 1. The molecule has 7 rings (SSSR count). The molecule has 288 valence electrons. The Hall–Kier alpha value is -2.45. The number of fused-ring (bicyclic) bond motifs is 7. The lowest BCUT2D eigenvalue weighted by Gasteiger charge is -2.72. The lowest BCUT2D eigenvalue weighted by molar-refractivity contribution is -0.222. The number of hydrogen-bond acceptors (Lipinski definition) is 5. The molecule has 4 saturated carbocycles. The minimum absolute atomic E-state index is 0.0122. The highest BCUT2D eigenvalue weighted by Gasteiger charge is 2.69. The van der Waals surface area contributed by atoms with Crippen molar-refractivity contribution in [3.63, 3.8) is 0 Å². The highest BCUT2D eigenvalue weighted by atomic mass is 32.2. The zero-order valence-electron chi connectivity index (χ0n) is 32.9. The van der Waals surface area contributed by atoms with Crippen LogP contribution in [0.25, 0.3) is 5.57 Å². The number of nitrogens with zero attached hydrogens (tertiary/aromatic N) is 1. The highest BCUT2D eigenvalue weighted by molar-refractivity contribution is 7.85. The number of aromatic carboxylic acids is 1. The zero-order chi connectivity index (χ0) is 37.5. The molecule has 1 saturated heterocycles. The first-order valence-electron chi connectivity index (χ1n) is 20.2. The summed E-state index contributed by atoms with van der Waals surface area (Å²) in [6.07, 6.45) is 16.4. The molecule has 8 atom stereocenters. The summed E-state index contributed by atoms with van der Waals surface area (Å²) in [4.78, 5) is 26.7. The number of carboxylic acids is 1. The van der Waals surface area contributed by atoms with Crippen LogP contribution in [0.3, 0.4) is 0 Å². The molecule has 1 amide bonds. The largest absolute Gasteiger partial charge is 0.478 e. The van der Waals surface area contributed by atoms with E-state index in [1.807, 2.05) is 19.1 Å². The van der Waals surface area contributed by atoms with Crippen LogP contribution < -0.4 is 5.32 Å². The number of ether oxygens (including phenoxy) is 1. The predicted octanol–water partition coefficient (Wildman–Crippen LogP) is 9.22. The number of carboxylic acid groups (broad SMARTS) is 1. The van der Waals surface area contributed by atoms with Gasteiger partial charge < -0.3 is 15.2 Å². The second kappa shape index (κ2) is 15.0. The number of carbonyl (C=O) groups excluding carboxylic acids is 1. The first kappa shape index (κ1) is 39.2. The van der Waals surface area contributed by atoms with Crippen LogP contribution in [0.4, 0.5) is 4.79 Å². The maximum Gasteiger partial charge on any atom is 0.407 e. The monoisotopic (exact) mass is 734 g/mol. The van der Waals surface area contributed by atoms with Gasteiger partial charge in [-0.1, -0.05) is 65.3 Å². The van der Waals surface area contributed by atoms with Crippen molar-refractivity contribution < 1.29 is 23.6 Å². The second-order valence-electron chi connectivity index (χ2n) is 18.5. The van der Waals surface area contributed by atoms with Crippen LogP contribution in [0, 0.1) is 50.7 Å². The van der Waals surface area contributed by atoms with E-state index >= 15 is 0 Å². The van der Waals surface area contributed by atoms with Gasteiger partial charge in [0.1, 0.15) is 6.61 Å². The van der Waals surface area contributed by atoms with Crippen molar-refractivity contribution in [2.75, 3.05) is 44.3 Å². The molecule has 1 heterocycles. The van der Waals surface area contributed by atoms with Gasteiger partial charge in [0.05, 0.1) is 5.56 Å². The number of allylic oxidation sites excluding steroid dienone is 3. The molecule has 0 radical (unpaired) electrons. The van der Waals surface area contributed by atoms with Gasteiger partial charge in [-0.3, -0.25) is 9.11 Å². The maximum absolute atomic E-state index is 12.9. The van der Waals surface area contributed by atoms with E-state index in [1.165, 1.54) is 68.9 Å². The number of carbonyl (C=O) groups is 2. The number of alkyl carbamates (subject to hydrolysis) is 1. The lowest BCUT2D eigenvalue weighted by atomic mass is 9.32. The summed E-state index contributed by atoms with van der Waals surface area (Å²) in [7, 11) is -0.691. The van der Waals surface area contributed by atoms with Gasteiger partial charge in [0.25, 0.3) is 0 Å². The van der Waals surface area contributed by atoms with Gasteiger partial charge in [0.15, 0.2) is 0 Å². The Morgan fingerprint density at radius 2 is 1.63 bits per heavy atom. The van der Waals surface area contributed by atoms with Gasteiger partial charge in [-0.05, 0) is 139 Å². The summed E-state index contributed by atoms with van der Waals surface area (Å²) >= 11 is 0. The van der Waals surface area contributed by atoms with Gasteiger partial charge in [0.2, 0.25) is 0 Å². The van der Waals surface area contributed by atoms with Crippen LogP contribution in [0.15, 0.2) is 43.0 Å². The third-order valence-electron chi connectivity index (χ3n) is 16.1. The third kappa shape index (κ3) is 6.75. The molecule has 2 N–H and O–H groups in total. The van der Waals surface area contributed by atoms with Gasteiger partial charge in [-0.2, -0.15) is 0 Å². The highest BCUT2D eigenvalue weighted by Crippen LogP contribution is 2.77. The summed E-state index contributed by atoms with van der Waals surface area (Å²) in [5.74, 6) is 3.18. The molecule has 8 heteroatoms. The Bertz CT molecular complexity index is 1550. The van der Waals surface area contributed by atoms with Crippen molar-refractivity contribution in [3.8, 4) is 0 Å². The standard InChI is InChI=1S/C41H60N2O5S.C3H6/c1-37(2)30(28-8-10-29(11-9-28)35(44)45)14-17-38(3)33(37)15-18-40(5)34(38)13-12-31-32-7-6-16-41(32,20-19-39(31,40)4)27-42-36(46)48-24-21-43-22-25-49(47)26-23-43;1-3-2/h8-11,14,31-34H,6-7,12-13,15-27H2,1-5H3,(H,42,46)(H,44,45);3H,1H2,2H3/t31?,32?,33?,34?,38?,39-,40?,41?;/m1./s1. The molecule has 1 aliphatic heterocycles. The molecule has 0 spiro atoms. The molecule has 0 aromatic heterocycles. The normalized spacial score (nSPS) is 38.2. The van der Waals surface area contributed by atoms with Crippen molar-refractivity contribution in [1.29, 1.82) is 0 Å². The van der Waals surface area contributed by atoms with E-state index in [9.17, 15) is 18.9 Å². The fourth-order valence-corrected chi connectivity index (χ4v) is 14.5. The van der Waals surface area contributed by atoms with Crippen LogP contribution >= 0.6 is 0 Å². The van der Waals surface area contributed by atoms with E-state index in [0.717, 1.165) is 37.6 Å². The number of benzene rings is 1. The predicted molar refractivity (Wildman–Crippen MR) is 212 cm³/mol. The van der Waals surface area contributed by atoms with Crippen molar-refractivity contribution >= 4 is 28.4 Å². The Balaban J connectivity index is 0.00000150. The molecule has 1 aromatic carbocycles. The molecule has 6 aliphatic rings. The number of rotatable bonds is 7. The summed E-state index contributed by atoms with van der Waals surface area (Å²) in [5, 5.41) is 12.7. The van der Waals surface area contributed by atoms with Gasteiger partial charge in [-0.25, -0.2) is 9.59 Å². The van der Waals surface area contributed by atoms with E-state index < -0.39 is 16.8 Å². The second-order valence-corrected chi connectivity index (χ2v) is 20.2. The van der Waals surface area contributed by atoms with Crippen molar-refractivity contribution in [2.45, 2.75) is 106 Å². The van der Waals surface area contributed by atoms with Crippen LogP contribution in [-0.4, -0.2) is 70.6 Å². The first-order valence-corrected chi connectivity index (χ1v) is 21.7. The average Bonchev–Trinajstić information content (AvgIpc) is 3.53. The van der Waals surface area contributed by atoms with E-state index in [2.05, 4.69) is 57.5 Å². The minimum atomic E-state index is -0.872. The van der Waals surface area contributed by atoms with E-state index in [0.29, 0.717) is 47.8 Å². The Morgan fingerprint density at radius 3 is 2.31 bits per heavy atom. The first-order chi connectivity index (χ1) is 24.6. The summed E-state index contributed by atoms with van der Waals surface area (Å²) in [5.41, 5.74) is 3.91. The SMILES string of the molecule is C=CC.CC1(C)C(c2ccc(C(=O)O)cc2)=CCC2(C)C1CCC1(C)C2CCC2C3CCCC3(CNC(=O)OCCN3CCS(=O)CC3)CC[C@]21C.